The van der Waals surface area contributed by atoms with Crippen molar-refractivity contribution in [3.05, 3.63) is 54.7 Å². The molecule has 106 valence electrons. The number of aromatic nitrogens is 4. The van der Waals surface area contributed by atoms with E-state index in [9.17, 15) is 4.79 Å². The van der Waals surface area contributed by atoms with Crippen molar-refractivity contribution in [2.24, 2.45) is 0 Å². The number of hydrogen-bond donors (Lipinski definition) is 1. The van der Waals surface area contributed by atoms with Crippen LogP contribution >= 0.6 is 0 Å². The van der Waals surface area contributed by atoms with Crippen LogP contribution in [0.1, 0.15) is 5.89 Å². The molecule has 7 heteroatoms. The molecule has 3 aromatic rings. The summed E-state index contributed by atoms with van der Waals surface area (Å²) in [5.74, 6) is 0.702. The van der Waals surface area contributed by atoms with E-state index in [4.69, 9.17) is 4.52 Å². The average Bonchev–Trinajstić information content (AvgIpc) is 3.17. The summed E-state index contributed by atoms with van der Waals surface area (Å²) in [5, 5.41) is 10.6. The van der Waals surface area contributed by atoms with Crippen LogP contribution in [0, 0.1) is 0 Å². The Bertz CT molecular complexity index is 706. The highest BCUT2D eigenvalue weighted by atomic mass is 16.5. The molecule has 0 unspecified atom stereocenters. The first-order chi connectivity index (χ1) is 10.3. The van der Waals surface area contributed by atoms with E-state index in [2.05, 4.69) is 20.6 Å². The van der Waals surface area contributed by atoms with Crippen molar-refractivity contribution in [1.82, 2.24) is 25.2 Å². The second kappa shape index (κ2) is 6.00. The van der Waals surface area contributed by atoms with Crippen LogP contribution < -0.4 is 5.32 Å². The fourth-order valence-electron chi connectivity index (χ4n) is 1.80. The summed E-state index contributed by atoms with van der Waals surface area (Å²) in [6.07, 6.45) is 3.34. The second-order valence-electron chi connectivity index (χ2n) is 4.36. The second-order valence-corrected chi connectivity index (χ2v) is 4.36. The maximum absolute atomic E-state index is 11.7. The molecular formula is C14H13N5O2. The summed E-state index contributed by atoms with van der Waals surface area (Å²) >= 11 is 0. The first-order valence-electron chi connectivity index (χ1n) is 6.43. The fourth-order valence-corrected chi connectivity index (χ4v) is 1.80. The van der Waals surface area contributed by atoms with Crippen molar-refractivity contribution >= 4 is 5.91 Å². The van der Waals surface area contributed by atoms with E-state index < -0.39 is 0 Å². The van der Waals surface area contributed by atoms with E-state index in [1.807, 2.05) is 30.3 Å². The molecule has 0 aliphatic rings. The molecule has 2 heterocycles. The molecule has 0 spiro atoms. The number of carbonyl (C=O) groups excluding carboxylic acids is 1. The van der Waals surface area contributed by atoms with Crippen LogP contribution in [-0.2, 0) is 17.9 Å². The van der Waals surface area contributed by atoms with Crippen molar-refractivity contribution in [2.75, 3.05) is 0 Å². The molecule has 0 atom stereocenters. The van der Waals surface area contributed by atoms with Crippen LogP contribution in [0.25, 0.3) is 11.4 Å². The van der Waals surface area contributed by atoms with Gasteiger partial charge in [0.2, 0.25) is 17.6 Å². The third-order valence-electron chi connectivity index (χ3n) is 2.80. The van der Waals surface area contributed by atoms with Gasteiger partial charge in [-0.05, 0) is 6.07 Å². The minimum Gasteiger partial charge on any atom is -0.345 e. The highest BCUT2D eigenvalue weighted by Crippen LogP contribution is 2.14. The highest BCUT2D eigenvalue weighted by molar-refractivity contribution is 5.75. The molecule has 0 saturated heterocycles. The number of amides is 1. The SMILES string of the molecule is O=C(Cn1cccn1)NCc1nc(-c2ccccc2)no1. The molecule has 1 amide bonds. The van der Waals surface area contributed by atoms with Gasteiger partial charge in [-0.3, -0.25) is 9.48 Å². The van der Waals surface area contributed by atoms with E-state index in [-0.39, 0.29) is 19.0 Å². The summed E-state index contributed by atoms with van der Waals surface area (Å²) in [7, 11) is 0. The standard InChI is InChI=1S/C14H13N5O2/c20-12(10-19-8-4-7-16-19)15-9-13-17-14(18-21-13)11-5-2-1-3-6-11/h1-8H,9-10H2,(H,15,20). The van der Waals surface area contributed by atoms with Crippen molar-refractivity contribution in [1.29, 1.82) is 0 Å². The highest BCUT2D eigenvalue weighted by Gasteiger charge is 2.09. The summed E-state index contributed by atoms with van der Waals surface area (Å²) in [6, 6.07) is 11.3. The van der Waals surface area contributed by atoms with E-state index in [0.717, 1.165) is 5.56 Å². The lowest BCUT2D eigenvalue weighted by atomic mass is 10.2. The largest absolute Gasteiger partial charge is 0.345 e. The number of hydrogen-bond acceptors (Lipinski definition) is 5. The zero-order valence-corrected chi connectivity index (χ0v) is 11.1. The molecule has 0 saturated carbocycles. The lowest BCUT2D eigenvalue weighted by Crippen LogP contribution is -2.27. The zero-order chi connectivity index (χ0) is 14.5. The first kappa shape index (κ1) is 13.0. The van der Waals surface area contributed by atoms with Gasteiger partial charge in [0, 0.05) is 18.0 Å². The van der Waals surface area contributed by atoms with Crippen LogP contribution in [0.5, 0.6) is 0 Å². The third-order valence-corrected chi connectivity index (χ3v) is 2.80. The van der Waals surface area contributed by atoms with Crippen molar-refractivity contribution in [2.45, 2.75) is 13.1 Å². The van der Waals surface area contributed by atoms with Crippen LogP contribution in [0.15, 0.2) is 53.3 Å². The van der Waals surface area contributed by atoms with Gasteiger partial charge < -0.3 is 9.84 Å². The van der Waals surface area contributed by atoms with Gasteiger partial charge in [-0.2, -0.15) is 10.1 Å². The van der Waals surface area contributed by atoms with Crippen molar-refractivity contribution in [3.8, 4) is 11.4 Å². The number of nitrogens with one attached hydrogen (secondary N) is 1. The predicted molar refractivity (Wildman–Crippen MR) is 73.8 cm³/mol. The molecule has 0 aliphatic carbocycles. The van der Waals surface area contributed by atoms with Gasteiger partial charge in [0.05, 0.1) is 6.54 Å². The van der Waals surface area contributed by atoms with Crippen LogP contribution in [0.3, 0.4) is 0 Å². The van der Waals surface area contributed by atoms with Gasteiger partial charge in [-0.1, -0.05) is 35.5 Å². The number of carbonyl (C=O) groups is 1. The molecule has 2 aromatic heterocycles. The van der Waals surface area contributed by atoms with Gasteiger partial charge in [0.15, 0.2) is 0 Å². The van der Waals surface area contributed by atoms with E-state index in [1.54, 1.807) is 23.1 Å². The lowest BCUT2D eigenvalue weighted by molar-refractivity contribution is -0.122. The molecule has 1 aromatic carbocycles. The van der Waals surface area contributed by atoms with Gasteiger partial charge in [-0.15, -0.1) is 0 Å². The molecule has 3 rings (SSSR count). The van der Waals surface area contributed by atoms with Crippen LogP contribution in [0.2, 0.25) is 0 Å². The minimum atomic E-state index is -0.168. The zero-order valence-electron chi connectivity index (χ0n) is 11.1. The van der Waals surface area contributed by atoms with E-state index in [1.165, 1.54) is 0 Å². The Labute approximate surface area is 120 Å². The third kappa shape index (κ3) is 3.33. The summed E-state index contributed by atoms with van der Waals surface area (Å²) in [5.41, 5.74) is 0.871. The average molecular weight is 283 g/mol. The minimum absolute atomic E-state index is 0.159. The van der Waals surface area contributed by atoms with Crippen LogP contribution in [-0.4, -0.2) is 25.8 Å². The van der Waals surface area contributed by atoms with Crippen molar-refractivity contribution in [3.63, 3.8) is 0 Å². The Morgan fingerprint density at radius 3 is 2.86 bits per heavy atom. The molecule has 7 nitrogen and oxygen atoms in total. The molecule has 0 radical (unpaired) electrons. The first-order valence-corrected chi connectivity index (χ1v) is 6.43. The maximum Gasteiger partial charge on any atom is 0.246 e. The molecular weight excluding hydrogens is 270 g/mol. The smallest absolute Gasteiger partial charge is 0.246 e. The normalized spacial score (nSPS) is 10.5. The van der Waals surface area contributed by atoms with Crippen molar-refractivity contribution < 1.29 is 9.32 Å². The molecule has 0 bridgehead atoms. The van der Waals surface area contributed by atoms with Gasteiger partial charge in [0.25, 0.3) is 0 Å². The van der Waals surface area contributed by atoms with Gasteiger partial charge in [-0.25, -0.2) is 0 Å². The summed E-state index contributed by atoms with van der Waals surface area (Å²) in [6.45, 7) is 0.354. The molecule has 0 fully saturated rings. The Hall–Kier alpha value is -2.96. The Morgan fingerprint density at radius 1 is 1.24 bits per heavy atom. The van der Waals surface area contributed by atoms with E-state index in [0.29, 0.717) is 11.7 Å². The van der Waals surface area contributed by atoms with Crippen LogP contribution in [0.4, 0.5) is 0 Å². The number of benzene rings is 1. The lowest BCUT2D eigenvalue weighted by Gasteiger charge is -2.01. The maximum atomic E-state index is 11.7. The fraction of sp³-hybridized carbons (Fsp3) is 0.143. The Balaban J connectivity index is 1.56. The quantitative estimate of drug-likeness (QED) is 0.761. The summed E-state index contributed by atoms with van der Waals surface area (Å²) < 4.78 is 6.65. The monoisotopic (exact) mass is 283 g/mol. The number of rotatable bonds is 5. The van der Waals surface area contributed by atoms with Gasteiger partial charge >= 0.3 is 0 Å². The molecule has 21 heavy (non-hydrogen) atoms. The predicted octanol–water partition coefficient (Wildman–Crippen LogP) is 1.25. The van der Waals surface area contributed by atoms with E-state index >= 15 is 0 Å². The topological polar surface area (TPSA) is 85.8 Å². The molecule has 1 N–H and O–H groups in total. The van der Waals surface area contributed by atoms with Gasteiger partial charge in [0.1, 0.15) is 6.54 Å². The Kier molecular flexibility index (Phi) is 3.72. The molecule has 0 aliphatic heterocycles. The number of nitrogens with zero attached hydrogens (tertiary/aromatic N) is 4. The summed E-state index contributed by atoms with van der Waals surface area (Å²) in [4.78, 5) is 15.9. The Morgan fingerprint density at radius 2 is 2.10 bits per heavy atom.